The van der Waals surface area contributed by atoms with Crippen LogP contribution in [0.15, 0.2) is 54.9 Å². The predicted octanol–water partition coefficient (Wildman–Crippen LogP) is 5.37. The van der Waals surface area contributed by atoms with Crippen molar-refractivity contribution >= 4 is 33.8 Å². The third-order valence-corrected chi connectivity index (χ3v) is 7.27. The smallest absolute Gasteiger partial charge is 0.152 e. The van der Waals surface area contributed by atoms with Gasteiger partial charge < -0.3 is 24.6 Å². The molecule has 0 radical (unpaired) electrons. The van der Waals surface area contributed by atoms with E-state index in [4.69, 9.17) is 19.4 Å². The molecule has 0 spiro atoms. The molecule has 5 heterocycles. The first-order valence-electron chi connectivity index (χ1n) is 13.6. The van der Waals surface area contributed by atoms with Gasteiger partial charge in [-0.3, -0.25) is 4.98 Å². The maximum atomic E-state index is 14.4. The van der Waals surface area contributed by atoms with Gasteiger partial charge in [0.1, 0.15) is 5.82 Å². The van der Waals surface area contributed by atoms with E-state index in [0.717, 1.165) is 71.4 Å². The number of hydrogen-bond donors (Lipinski definition) is 1. The average molecular weight is 529 g/mol. The van der Waals surface area contributed by atoms with Crippen LogP contribution in [0.3, 0.4) is 0 Å². The molecular weight excluding hydrogens is 495 g/mol. The van der Waals surface area contributed by atoms with E-state index in [1.165, 1.54) is 12.1 Å². The summed E-state index contributed by atoms with van der Waals surface area (Å²) in [6.45, 7) is 10.2. The van der Waals surface area contributed by atoms with Crippen molar-refractivity contribution < 1.29 is 13.9 Å². The molecule has 0 amide bonds. The number of fused-ring (bicyclic) bond motifs is 1. The van der Waals surface area contributed by atoms with E-state index >= 15 is 0 Å². The maximum Gasteiger partial charge on any atom is 0.152 e. The molecule has 1 aromatic carbocycles. The topological polar surface area (TPSA) is 75.6 Å². The Labute approximate surface area is 227 Å². The van der Waals surface area contributed by atoms with Gasteiger partial charge in [0.15, 0.2) is 5.82 Å². The van der Waals surface area contributed by atoms with Crippen molar-refractivity contribution in [2.45, 2.75) is 19.8 Å². The minimum absolute atomic E-state index is 0.119. The number of aromatic nitrogens is 3. The number of halogens is 1. The summed E-state index contributed by atoms with van der Waals surface area (Å²) < 4.78 is 25.6. The molecule has 2 fully saturated rings. The highest BCUT2D eigenvalue weighted by molar-refractivity contribution is 5.99. The van der Waals surface area contributed by atoms with E-state index in [1.54, 1.807) is 6.20 Å². The number of nitrogens with zero attached hydrogens (tertiary/aromatic N) is 5. The Morgan fingerprint density at radius 3 is 2.33 bits per heavy atom. The zero-order chi connectivity index (χ0) is 26.8. The number of morpholine rings is 2. The van der Waals surface area contributed by atoms with Crippen LogP contribution < -0.4 is 15.1 Å². The molecular formula is C30H33FN6O2. The molecule has 9 heteroatoms. The summed E-state index contributed by atoms with van der Waals surface area (Å²) in [5, 5.41) is 4.63. The van der Waals surface area contributed by atoms with Gasteiger partial charge in [0.25, 0.3) is 0 Å². The fourth-order valence-corrected chi connectivity index (χ4v) is 5.34. The van der Waals surface area contributed by atoms with Crippen LogP contribution in [-0.4, -0.2) is 67.6 Å². The van der Waals surface area contributed by atoms with Crippen LogP contribution in [0.4, 0.5) is 27.3 Å². The van der Waals surface area contributed by atoms with Crippen molar-refractivity contribution in [3.8, 4) is 11.4 Å². The predicted molar refractivity (Wildman–Crippen MR) is 153 cm³/mol. The number of benzene rings is 1. The fraction of sp³-hybridized carbons (Fsp3) is 0.367. The second-order valence-electron chi connectivity index (χ2n) is 10.2. The molecule has 0 saturated carbocycles. The van der Waals surface area contributed by atoms with Crippen LogP contribution in [0.2, 0.25) is 0 Å². The minimum atomic E-state index is -0.324. The van der Waals surface area contributed by atoms with Crippen LogP contribution in [0.5, 0.6) is 0 Å². The summed E-state index contributed by atoms with van der Waals surface area (Å²) in [6, 6.07) is 12.7. The van der Waals surface area contributed by atoms with Crippen molar-refractivity contribution in [2.75, 3.05) is 67.7 Å². The van der Waals surface area contributed by atoms with Crippen LogP contribution in [0, 0.1) is 5.82 Å². The molecule has 202 valence electrons. The molecule has 0 unspecified atom stereocenters. The largest absolute Gasteiger partial charge is 0.378 e. The summed E-state index contributed by atoms with van der Waals surface area (Å²) in [5.74, 6) is 0.667. The molecule has 0 aliphatic carbocycles. The van der Waals surface area contributed by atoms with Gasteiger partial charge in [0, 0.05) is 49.4 Å². The van der Waals surface area contributed by atoms with Crippen LogP contribution >= 0.6 is 0 Å². The summed E-state index contributed by atoms with van der Waals surface area (Å²) >= 11 is 0. The molecule has 2 aliphatic rings. The average Bonchev–Trinajstić information content (AvgIpc) is 2.98. The Morgan fingerprint density at radius 1 is 0.897 bits per heavy atom. The van der Waals surface area contributed by atoms with Gasteiger partial charge in [-0.1, -0.05) is 19.9 Å². The van der Waals surface area contributed by atoms with Gasteiger partial charge in [0.05, 0.1) is 66.6 Å². The van der Waals surface area contributed by atoms with Crippen LogP contribution in [0.1, 0.15) is 25.3 Å². The first-order chi connectivity index (χ1) is 19.1. The van der Waals surface area contributed by atoms with E-state index < -0.39 is 0 Å². The number of anilines is 4. The van der Waals surface area contributed by atoms with Crippen molar-refractivity contribution in [2.24, 2.45) is 0 Å². The zero-order valence-electron chi connectivity index (χ0n) is 22.4. The second-order valence-corrected chi connectivity index (χ2v) is 10.2. The minimum Gasteiger partial charge on any atom is -0.378 e. The maximum absolute atomic E-state index is 14.4. The van der Waals surface area contributed by atoms with Crippen LogP contribution in [0.25, 0.3) is 22.3 Å². The van der Waals surface area contributed by atoms with Gasteiger partial charge in [-0.15, -0.1) is 0 Å². The normalized spacial score (nSPS) is 16.2. The molecule has 0 atom stereocenters. The molecule has 6 rings (SSSR count). The number of pyridine rings is 3. The summed E-state index contributed by atoms with van der Waals surface area (Å²) in [6.07, 6.45) is 3.71. The Balaban J connectivity index is 1.54. The Kier molecular flexibility index (Phi) is 7.26. The highest BCUT2D eigenvalue weighted by atomic mass is 19.1. The molecule has 2 aliphatic heterocycles. The first kappa shape index (κ1) is 25.5. The molecule has 4 aromatic rings. The number of nitrogens with one attached hydrogen (secondary N) is 1. The van der Waals surface area contributed by atoms with Gasteiger partial charge in [-0.25, -0.2) is 14.4 Å². The third-order valence-electron chi connectivity index (χ3n) is 7.27. The van der Waals surface area contributed by atoms with Crippen molar-refractivity contribution in [1.29, 1.82) is 0 Å². The van der Waals surface area contributed by atoms with E-state index in [9.17, 15) is 4.39 Å². The van der Waals surface area contributed by atoms with Gasteiger partial charge in [-0.2, -0.15) is 0 Å². The first-order valence-corrected chi connectivity index (χ1v) is 13.6. The van der Waals surface area contributed by atoms with E-state index in [1.807, 2.05) is 30.5 Å². The molecule has 1 N–H and O–H groups in total. The third kappa shape index (κ3) is 5.24. The van der Waals surface area contributed by atoms with Crippen molar-refractivity contribution in [3.05, 3.63) is 66.2 Å². The summed E-state index contributed by atoms with van der Waals surface area (Å²) in [4.78, 5) is 19.0. The second kappa shape index (κ2) is 11.1. The highest BCUT2D eigenvalue weighted by Gasteiger charge is 2.24. The van der Waals surface area contributed by atoms with E-state index in [0.29, 0.717) is 31.9 Å². The molecule has 0 bridgehead atoms. The molecule has 2 saturated heterocycles. The van der Waals surface area contributed by atoms with Crippen LogP contribution in [-0.2, 0) is 9.47 Å². The van der Waals surface area contributed by atoms with Crippen molar-refractivity contribution in [3.63, 3.8) is 0 Å². The van der Waals surface area contributed by atoms with Gasteiger partial charge >= 0.3 is 0 Å². The lowest BCUT2D eigenvalue weighted by Crippen LogP contribution is -2.38. The SMILES string of the molecule is CC(C)c1c(-c2ccccn2)nc2cc(F)ccc2c1Nc1cc(N2CCOCC2)cnc1N1CCOCC1. The number of hydrogen-bond acceptors (Lipinski definition) is 8. The Hall–Kier alpha value is -3.82. The standard InChI is InChI=1S/C30H33FN6O2/c1-20(2)27-28(23-7-6-21(31)17-25(23)34-29(27)24-5-3-4-8-32-24)35-26-18-22(36-9-13-38-14-10-36)19-33-30(26)37-11-15-39-16-12-37/h3-8,17-20H,9-16H2,1-2H3,(H,34,35). The summed E-state index contributed by atoms with van der Waals surface area (Å²) in [7, 11) is 0. The van der Waals surface area contributed by atoms with Gasteiger partial charge in [0.2, 0.25) is 0 Å². The lowest BCUT2D eigenvalue weighted by Gasteiger charge is -2.32. The Bertz CT molecular complexity index is 1450. The Morgan fingerprint density at radius 2 is 1.64 bits per heavy atom. The lowest BCUT2D eigenvalue weighted by atomic mass is 9.94. The summed E-state index contributed by atoms with van der Waals surface area (Å²) in [5.41, 5.74) is 5.93. The zero-order valence-corrected chi connectivity index (χ0v) is 22.4. The van der Waals surface area contributed by atoms with E-state index in [-0.39, 0.29) is 11.7 Å². The number of rotatable bonds is 6. The van der Waals surface area contributed by atoms with E-state index in [2.05, 4.69) is 40.0 Å². The highest BCUT2D eigenvalue weighted by Crippen LogP contribution is 2.41. The molecule has 8 nitrogen and oxygen atoms in total. The van der Waals surface area contributed by atoms with Crippen molar-refractivity contribution in [1.82, 2.24) is 15.0 Å². The monoisotopic (exact) mass is 528 g/mol. The fourth-order valence-electron chi connectivity index (χ4n) is 5.34. The lowest BCUT2D eigenvalue weighted by molar-refractivity contribution is 0.122. The van der Waals surface area contributed by atoms with Gasteiger partial charge in [-0.05, 0) is 36.2 Å². The number of ether oxygens (including phenoxy) is 2. The molecule has 3 aromatic heterocycles. The quantitative estimate of drug-likeness (QED) is 0.358. The molecule has 39 heavy (non-hydrogen) atoms.